The van der Waals surface area contributed by atoms with E-state index in [4.69, 9.17) is 17.3 Å². The first-order chi connectivity index (χ1) is 32.5. The van der Waals surface area contributed by atoms with Crippen molar-refractivity contribution in [3.63, 3.8) is 0 Å². The minimum absolute atomic E-state index is 0.00722. The fourth-order valence-electron chi connectivity index (χ4n) is 10.3. The third kappa shape index (κ3) is 13.2. The van der Waals surface area contributed by atoms with Gasteiger partial charge in [0.15, 0.2) is 34.9 Å². The molecule has 2 aliphatic heterocycles. The lowest BCUT2D eigenvalue weighted by Gasteiger charge is -2.46. The molecule has 4 fully saturated rings. The summed E-state index contributed by atoms with van der Waals surface area (Å²) in [6.07, 6.45) is 10.7. The number of nitrogens with one attached hydrogen (secondary N) is 5. The van der Waals surface area contributed by atoms with Gasteiger partial charge < -0.3 is 32.3 Å². The third-order valence-electron chi connectivity index (χ3n) is 12.6. The lowest BCUT2D eigenvalue weighted by molar-refractivity contribution is 0.170. The number of anilines is 5. The lowest BCUT2D eigenvalue weighted by Crippen LogP contribution is -2.60. The van der Waals surface area contributed by atoms with Crippen LogP contribution in [0.1, 0.15) is 130 Å². The molecule has 0 amide bonds. The Kier molecular flexibility index (Phi) is 13.9. The van der Waals surface area contributed by atoms with Crippen LogP contribution in [0, 0.1) is 11.6 Å². The molecule has 2 aromatic carbocycles. The van der Waals surface area contributed by atoms with Gasteiger partial charge in [-0.3, -0.25) is 0 Å². The maximum Gasteiger partial charge on any atom is 0.229 e. The van der Waals surface area contributed by atoms with Gasteiger partial charge in [-0.05, 0) is 199 Å². The molecule has 368 valence electrons. The summed E-state index contributed by atoms with van der Waals surface area (Å²) in [6, 6.07) is 12.5. The second-order valence-electron chi connectivity index (χ2n) is 21.7. The van der Waals surface area contributed by atoms with Gasteiger partial charge in [-0.2, -0.15) is 9.97 Å². The van der Waals surface area contributed by atoms with Crippen molar-refractivity contribution in [1.29, 1.82) is 0 Å². The maximum absolute atomic E-state index is 14.7. The number of aromatic nitrogens is 12. The van der Waals surface area contributed by atoms with E-state index in [9.17, 15) is 8.78 Å². The fourth-order valence-corrected chi connectivity index (χ4v) is 10.4. The van der Waals surface area contributed by atoms with E-state index in [0.717, 1.165) is 60.2 Å². The Morgan fingerprint density at radius 1 is 0.623 bits per heavy atom. The molecule has 0 atom stereocenters. The highest BCUT2D eigenvalue weighted by atomic mass is 35.5. The summed E-state index contributed by atoms with van der Waals surface area (Å²) in [5, 5.41) is 40.4. The number of rotatable bonds is 10. The van der Waals surface area contributed by atoms with E-state index in [2.05, 4.69) is 151 Å². The van der Waals surface area contributed by atoms with E-state index < -0.39 is 11.6 Å². The molecule has 2 aliphatic carbocycles. The molecule has 21 heteroatoms. The molecule has 4 aliphatic rings. The standard InChI is InChI=1S/C24H32FN9.C13H20ClFN4.C11H13N5/c1-23(2)11-18(12-24(3,4)31-23)27-20-19(25)13-26-22(29-20)28-17-9-15(14-6-7-14)8-16(10-17)21-30-32-33-34(21)5;1-12(2)5-8(6-13(3,4)19-12)17-10-9(15)7-16-11(14)18-10;1-16-11(13-14-15-16)9-4-8(7-2-3-7)5-10(12)6-9/h8-10,13-14,18,31H,6-7,11-12H2,1-5H3,(H2,26,27,28,29);7-8,19H,5-6H2,1-4H3,(H,16,17,18);4-7H,2-3,12H2,1H3. The molecule has 10 rings (SSSR count). The SMILES string of the molecule is CC1(C)CC(Nc2nc(Cl)ncc2F)CC(C)(C)N1.Cn1nnnc1-c1cc(N)cc(C2CC2)c1.Cn1nnnc1-c1cc(Nc2ncc(F)c(NC3CC(C)(C)NC(C)(C)C3)n2)cc(C2CC2)c1. The zero-order valence-corrected chi connectivity index (χ0v) is 41.9. The number of piperidine rings is 2. The fraction of sp³-hybridized carbons (Fsp3) is 0.542. The molecular formula is C48H65ClF2N18. The first-order valence-corrected chi connectivity index (χ1v) is 24.0. The first-order valence-electron chi connectivity index (χ1n) is 23.6. The second kappa shape index (κ2) is 19.4. The van der Waals surface area contributed by atoms with Crippen molar-refractivity contribution in [3.05, 3.63) is 76.8 Å². The number of aryl methyl sites for hydroxylation is 2. The van der Waals surface area contributed by atoms with Gasteiger partial charge >= 0.3 is 0 Å². The molecule has 4 aromatic heterocycles. The van der Waals surface area contributed by atoms with Crippen LogP contribution in [0.2, 0.25) is 5.28 Å². The zero-order valence-electron chi connectivity index (χ0n) is 41.2. The first kappa shape index (κ1) is 49.4. The monoisotopic (exact) mass is 967 g/mol. The molecule has 2 saturated carbocycles. The molecule has 7 N–H and O–H groups in total. The van der Waals surface area contributed by atoms with Crippen LogP contribution in [0.15, 0.2) is 48.8 Å². The lowest BCUT2D eigenvalue weighted by atomic mass is 9.79. The van der Waals surface area contributed by atoms with Crippen molar-refractivity contribution >= 4 is 40.6 Å². The summed E-state index contributed by atoms with van der Waals surface area (Å²) in [6.45, 7) is 17.3. The van der Waals surface area contributed by atoms with Crippen LogP contribution in [0.4, 0.5) is 37.7 Å². The van der Waals surface area contributed by atoms with Gasteiger partial charge in [-0.15, -0.1) is 10.2 Å². The Bertz CT molecular complexity index is 2730. The van der Waals surface area contributed by atoms with E-state index >= 15 is 0 Å². The number of benzene rings is 2. The zero-order chi connectivity index (χ0) is 49.5. The Morgan fingerprint density at radius 3 is 1.54 bits per heavy atom. The van der Waals surface area contributed by atoms with Crippen molar-refractivity contribution in [3.8, 4) is 22.8 Å². The van der Waals surface area contributed by atoms with Crippen LogP contribution in [-0.2, 0) is 14.1 Å². The average molecular weight is 968 g/mol. The molecular weight excluding hydrogens is 902 g/mol. The van der Waals surface area contributed by atoms with E-state index in [1.54, 1.807) is 9.36 Å². The van der Waals surface area contributed by atoms with Crippen LogP contribution in [0.25, 0.3) is 22.8 Å². The van der Waals surface area contributed by atoms with Crippen molar-refractivity contribution in [2.24, 2.45) is 14.1 Å². The number of nitrogen functional groups attached to an aromatic ring is 1. The summed E-state index contributed by atoms with van der Waals surface area (Å²) in [7, 11) is 3.64. The summed E-state index contributed by atoms with van der Waals surface area (Å²) < 4.78 is 31.6. The summed E-state index contributed by atoms with van der Waals surface area (Å²) >= 11 is 5.71. The molecule has 6 heterocycles. The van der Waals surface area contributed by atoms with Gasteiger partial charge in [-0.1, -0.05) is 0 Å². The summed E-state index contributed by atoms with van der Waals surface area (Å²) in [5.74, 6) is 2.47. The van der Waals surface area contributed by atoms with Gasteiger partial charge in [0.25, 0.3) is 0 Å². The predicted molar refractivity (Wildman–Crippen MR) is 265 cm³/mol. The Labute approximate surface area is 407 Å². The topological polar surface area (TPSA) is 225 Å². The molecule has 0 bridgehead atoms. The Balaban J connectivity index is 0.000000154. The minimum Gasteiger partial charge on any atom is -0.399 e. The predicted octanol–water partition coefficient (Wildman–Crippen LogP) is 8.48. The summed E-state index contributed by atoms with van der Waals surface area (Å²) in [5.41, 5.74) is 11.8. The van der Waals surface area contributed by atoms with Crippen molar-refractivity contribution < 1.29 is 8.78 Å². The molecule has 0 radical (unpaired) electrons. The van der Waals surface area contributed by atoms with Crippen LogP contribution >= 0.6 is 11.6 Å². The van der Waals surface area contributed by atoms with Gasteiger partial charge in [0, 0.05) is 70.8 Å². The van der Waals surface area contributed by atoms with Crippen molar-refractivity contribution in [2.75, 3.05) is 21.7 Å². The largest absolute Gasteiger partial charge is 0.399 e. The van der Waals surface area contributed by atoms with Crippen LogP contribution in [-0.4, -0.2) is 94.6 Å². The Hall–Kier alpha value is -5.99. The average Bonchev–Trinajstić information content (AvgIpc) is 4.17. The van der Waals surface area contributed by atoms with Crippen LogP contribution in [0.5, 0.6) is 0 Å². The molecule has 0 spiro atoms. The van der Waals surface area contributed by atoms with E-state index in [1.807, 2.05) is 32.3 Å². The molecule has 0 unspecified atom stereocenters. The van der Waals surface area contributed by atoms with E-state index in [1.165, 1.54) is 43.0 Å². The van der Waals surface area contributed by atoms with Gasteiger partial charge in [0.1, 0.15) is 0 Å². The van der Waals surface area contributed by atoms with Crippen molar-refractivity contribution in [2.45, 2.75) is 153 Å². The number of hydrogen-bond donors (Lipinski definition) is 6. The normalized spacial score (nSPS) is 19.4. The van der Waals surface area contributed by atoms with Crippen molar-refractivity contribution in [1.82, 2.24) is 71.0 Å². The quantitative estimate of drug-likeness (QED) is 0.0559. The smallest absolute Gasteiger partial charge is 0.229 e. The number of tetrazole rings is 2. The Morgan fingerprint density at radius 2 is 1.07 bits per heavy atom. The highest BCUT2D eigenvalue weighted by molar-refractivity contribution is 6.28. The van der Waals surface area contributed by atoms with Crippen LogP contribution < -0.4 is 32.3 Å². The third-order valence-corrected chi connectivity index (χ3v) is 12.7. The molecule has 69 heavy (non-hydrogen) atoms. The highest BCUT2D eigenvalue weighted by Gasteiger charge is 2.39. The molecule has 2 saturated heterocycles. The number of nitrogens with zero attached hydrogens (tertiary/aromatic N) is 12. The second-order valence-corrected chi connectivity index (χ2v) is 22.0. The minimum atomic E-state index is -0.474. The highest BCUT2D eigenvalue weighted by Crippen LogP contribution is 2.43. The molecule has 18 nitrogen and oxygen atoms in total. The van der Waals surface area contributed by atoms with Gasteiger partial charge in [0.05, 0.1) is 12.4 Å². The number of nitrogens with two attached hydrogens (primary N) is 1. The van der Waals surface area contributed by atoms with E-state index in [-0.39, 0.29) is 51.2 Å². The van der Waals surface area contributed by atoms with E-state index in [0.29, 0.717) is 23.6 Å². The number of halogens is 3. The van der Waals surface area contributed by atoms with Crippen LogP contribution in [0.3, 0.4) is 0 Å². The van der Waals surface area contributed by atoms with Gasteiger partial charge in [0.2, 0.25) is 11.2 Å². The number of hydrogen-bond acceptors (Lipinski definition) is 16. The van der Waals surface area contributed by atoms with Gasteiger partial charge in [-0.25, -0.2) is 28.1 Å². The maximum atomic E-state index is 14.7. The molecule has 6 aromatic rings. The summed E-state index contributed by atoms with van der Waals surface area (Å²) in [4.78, 5) is 16.2.